The summed E-state index contributed by atoms with van der Waals surface area (Å²) in [6.07, 6.45) is 3.67. The Balaban J connectivity index is 2.53. The monoisotopic (exact) mass is 236 g/mol. The Labute approximate surface area is 99.0 Å². The number of aliphatic hydroxyl groups excluding tert-OH is 1. The molecule has 16 heavy (non-hydrogen) atoms. The molecule has 1 N–H and O–H groups in total. The maximum absolute atomic E-state index is 9.26. The first-order chi connectivity index (χ1) is 7.76. The molecule has 84 valence electrons. The van der Waals surface area contributed by atoms with Crippen LogP contribution in [0.1, 0.15) is 12.5 Å². The summed E-state index contributed by atoms with van der Waals surface area (Å²) < 4.78 is 2.00. The molecule has 0 aliphatic rings. The lowest BCUT2D eigenvalue weighted by atomic mass is 10.2. The molecule has 2 aromatic rings. The van der Waals surface area contributed by atoms with E-state index in [4.69, 9.17) is 11.6 Å². The Hall–Kier alpha value is -1.32. The van der Waals surface area contributed by atoms with Gasteiger partial charge < -0.3 is 9.67 Å². The highest BCUT2D eigenvalue weighted by atomic mass is 35.5. The van der Waals surface area contributed by atoms with E-state index >= 15 is 0 Å². The van der Waals surface area contributed by atoms with Crippen molar-refractivity contribution in [1.82, 2.24) is 9.55 Å². The van der Waals surface area contributed by atoms with Gasteiger partial charge in [0.2, 0.25) is 0 Å². The molecular formula is C12H13ClN2O. The molecule has 0 saturated heterocycles. The first kappa shape index (κ1) is 11.2. The van der Waals surface area contributed by atoms with Gasteiger partial charge in [0.1, 0.15) is 5.65 Å². The molecule has 3 nitrogen and oxygen atoms in total. The third-order valence-corrected chi connectivity index (χ3v) is 2.87. The highest BCUT2D eigenvalue weighted by Crippen LogP contribution is 2.20. The van der Waals surface area contributed by atoms with E-state index in [0.29, 0.717) is 6.54 Å². The maximum atomic E-state index is 9.26. The summed E-state index contributed by atoms with van der Waals surface area (Å²) in [7, 11) is 0. The summed E-state index contributed by atoms with van der Waals surface area (Å²) in [6.45, 7) is 2.68. The van der Waals surface area contributed by atoms with E-state index in [1.165, 1.54) is 0 Å². The minimum atomic E-state index is 0.0266. The van der Waals surface area contributed by atoms with Gasteiger partial charge in [0.05, 0.1) is 6.61 Å². The van der Waals surface area contributed by atoms with Crippen molar-refractivity contribution in [1.29, 1.82) is 0 Å². The zero-order valence-electron chi connectivity index (χ0n) is 9.02. The lowest BCUT2D eigenvalue weighted by Crippen LogP contribution is -1.97. The summed E-state index contributed by atoms with van der Waals surface area (Å²) in [5.74, 6) is 0. The number of pyridine rings is 1. The van der Waals surface area contributed by atoms with Crippen molar-refractivity contribution in [2.24, 2.45) is 0 Å². The van der Waals surface area contributed by atoms with E-state index in [0.717, 1.165) is 22.2 Å². The van der Waals surface area contributed by atoms with Crippen LogP contribution in [0.3, 0.4) is 0 Å². The molecule has 0 aliphatic carbocycles. The molecule has 0 bridgehead atoms. The Morgan fingerprint density at radius 3 is 3.12 bits per heavy atom. The Morgan fingerprint density at radius 1 is 1.62 bits per heavy atom. The molecule has 2 rings (SSSR count). The quantitative estimate of drug-likeness (QED) is 0.890. The van der Waals surface area contributed by atoms with Crippen molar-refractivity contribution in [3.8, 4) is 0 Å². The molecule has 0 amide bonds. The number of fused-ring (bicyclic) bond motifs is 1. The Bertz CT molecular complexity index is 531. The molecule has 0 saturated carbocycles. The maximum Gasteiger partial charge on any atom is 0.140 e. The van der Waals surface area contributed by atoms with Crippen LogP contribution in [-0.2, 0) is 13.2 Å². The molecule has 2 aromatic heterocycles. The van der Waals surface area contributed by atoms with Crippen LogP contribution in [0.25, 0.3) is 11.0 Å². The van der Waals surface area contributed by atoms with Crippen LogP contribution >= 0.6 is 11.6 Å². The number of allylic oxidation sites excluding steroid dienone is 1. The van der Waals surface area contributed by atoms with Crippen molar-refractivity contribution in [3.05, 3.63) is 41.2 Å². The number of rotatable bonds is 3. The van der Waals surface area contributed by atoms with E-state index in [2.05, 4.69) is 4.98 Å². The second kappa shape index (κ2) is 4.68. The molecule has 2 heterocycles. The molecule has 0 atom stereocenters. The van der Waals surface area contributed by atoms with E-state index in [1.54, 1.807) is 11.7 Å². The first-order valence-electron chi connectivity index (χ1n) is 5.05. The minimum absolute atomic E-state index is 0.0266. The third kappa shape index (κ3) is 1.96. The standard InChI is InChI=1S/C12H13ClN2O/c1-9(5-13)6-15-7-10(8-16)11-3-2-4-14-12(11)15/h2-5,7,16H,6,8H2,1H3/b9-5-. The van der Waals surface area contributed by atoms with Gasteiger partial charge in [0.25, 0.3) is 0 Å². The van der Waals surface area contributed by atoms with E-state index < -0.39 is 0 Å². The van der Waals surface area contributed by atoms with Crippen LogP contribution in [0, 0.1) is 0 Å². The van der Waals surface area contributed by atoms with Crippen molar-refractivity contribution >= 4 is 22.6 Å². The fourth-order valence-electron chi connectivity index (χ4n) is 1.75. The van der Waals surface area contributed by atoms with E-state index in [1.807, 2.05) is 29.8 Å². The smallest absolute Gasteiger partial charge is 0.140 e. The average Bonchev–Trinajstić information content (AvgIpc) is 2.68. The van der Waals surface area contributed by atoms with Gasteiger partial charge in [-0.1, -0.05) is 11.6 Å². The van der Waals surface area contributed by atoms with Crippen LogP contribution in [0.4, 0.5) is 0 Å². The van der Waals surface area contributed by atoms with Crippen LogP contribution in [0.2, 0.25) is 0 Å². The summed E-state index contributed by atoms with van der Waals surface area (Å²) in [5, 5.41) is 10.3. The molecule has 0 fully saturated rings. The SMILES string of the molecule is C/C(=C/Cl)Cn1cc(CO)c2cccnc21. The van der Waals surface area contributed by atoms with Crippen molar-refractivity contribution in [2.45, 2.75) is 20.1 Å². The van der Waals surface area contributed by atoms with Crippen LogP contribution in [0.5, 0.6) is 0 Å². The Kier molecular flexibility index (Phi) is 3.27. The van der Waals surface area contributed by atoms with Crippen LogP contribution in [-0.4, -0.2) is 14.7 Å². The number of aliphatic hydroxyl groups is 1. The molecule has 0 aromatic carbocycles. The molecule has 0 radical (unpaired) electrons. The predicted octanol–water partition coefficient (Wildman–Crippen LogP) is 2.67. The number of hydrogen-bond donors (Lipinski definition) is 1. The van der Waals surface area contributed by atoms with E-state index in [-0.39, 0.29) is 6.61 Å². The fraction of sp³-hybridized carbons (Fsp3) is 0.250. The summed E-state index contributed by atoms with van der Waals surface area (Å²) in [4.78, 5) is 4.32. The predicted molar refractivity (Wildman–Crippen MR) is 65.3 cm³/mol. The molecule has 0 spiro atoms. The highest BCUT2D eigenvalue weighted by molar-refractivity contribution is 6.25. The van der Waals surface area contributed by atoms with Gasteiger partial charge >= 0.3 is 0 Å². The van der Waals surface area contributed by atoms with Gasteiger partial charge in [-0.3, -0.25) is 0 Å². The second-order valence-electron chi connectivity index (χ2n) is 3.77. The highest BCUT2D eigenvalue weighted by Gasteiger charge is 2.08. The lowest BCUT2D eigenvalue weighted by molar-refractivity contribution is 0.283. The third-order valence-electron chi connectivity index (χ3n) is 2.49. The zero-order valence-corrected chi connectivity index (χ0v) is 9.78. The Morgan fingerprint density at radius 2 is 2.44 bits per heavy atom. The summed E-state index contributed by atoms with van der Waals surface area (Å²) in [6, 6.07) is 3.83. The van der Waals surface area contributed by atoms with Crippen LogP contribution in [0.15, 0.2) is 35.6 Å². The number of aromatic nitrogens is 2. The number of halogens is 1. The molecule has 0 aliphatic heterocycles. The number of hydrogen-bond acceptors (Lipinski definition) is 2. The van der Waals surface area contributed by atoms with E-state index in [9.17, 15) is 5.11 Å². The fourth-order valence-corrected chi connectivity index (χ4v) is 1.81. The van der Waals surface area contributed by atoms with Crippen molar-refractivity contribution in [3.63, 3.8) is 0 Å². The zero-order chi connectivity index (χ0) is 11.5. The van der Waals surface area contributed by atoms with Gasteiger partial charge in [-0.15, -0.1) is 0 Å². The van der Waals surface area contributed by atoms with Crippen molar-refractivity contribution < 1.29 is 5.11 Å². The normalized spacial score (nSPS) is 12.3. The average molecular weight is 237 g/mol. The number of nitrogens with zero attached hydrogens (tertiary/aromatic N) is 2. The topological polar surface area (TPSA) is 38.0 Å². The van der Waals surface area contributed by atoms with Crippen LogP contribution < -0.4 is 0 Å². The largest absolute Gasteiger partial charge is 0.392 e. The van der Waals surface area contributed by atoms with Gasteiger partial charge in [-0.25, -0.2) is 4.98 Å². The summed E-state index contributed by atoms with van der Waals surface area (Å²) in [5.41, 5.74) is 4.39. The molecule has 4 heteroatoms. The molecular weight excluding hydrogens is 224 g/mol. The van der Waals surface area contributed by atoms with Gasteiger partial charge in [-0.05, 0) is 24.6 Å². The minimum Gasteiger partial charge on any atom is -0.392 e. The van der Waals surface area contributed by atoms with Gasteiger partial charge in [0, 0.05) is 35.4 Å². The lowest BCUT2D eigenvalue weighted by Gasteiger charge is -2.03. The van der Waals surface area contributed by atoms with Crippen molar-refractivity contribution in [2.75, 3.05) is 0 Å². The molecule has 0 unspecified atom stereocenters. The second-order valence-corrected chi connectivity index (χ2v) is 3.99. The van der Waals surface area contributed by atoms with Gasteiger partial charge in [0.15, 0.2) is 0 Å². The summed E-state index contributed by atoms with van der Waals surface area (Å²) >= 11 is 5.65. The first-order valence-corrected chi connectivity index (χ1v) is 5.49. The van der Waals surface area contributed by atoms with Gasteiger partial charge in [-0.2, -0.15) is 0 Å².